The molecule has 0 saturated heterocycles. The number of hydrogen-bond donors (Lipinski definition) is 2. The Kier molecular flexibility index (Phi) is 3.27. The Hall–Kier alpha value is -3.15. The Bertz CT molecular complexity index is 938. The van der Waals surface area contributed by atoms with Crippen LogP contribution in [0.3, 0.4) is 0 Å². The monoisotopic (exact) mass is 304 g/mol. The second kappa shape index (κ2) is 5.57. The van der Waals surface area contributed by atoms with Crippen molar-refractivity contribution in [2.45, 2.75) is 6.54 Å². The number of pyridine rings is 2. The van der Waals surface area contributed by atoms with Gasteiger partial charge in [-0.15, -0.1) is 0 Å². The number of nitrogens with zero attached hydrogens (tertiary/aromatic N) is 4. The smallest absolute Gasteiger partial charge is 0.140 e. The van der Waals surface area contributed by atoms with Crippen molar-refractivity contribution in [2.75, 3.05) is 5.32 Å². The lowest BCUT2D eigenvalue weighted by Crippen LogP contribution is -2.02. The molecule has 0 amide bonds. The molecule has 4 heterocycles. The highest BCUT2D eigenvalue weighted by molar-refractivity contribution is 5.93. The van der Waals surface area contributed by atoms with Gasteiger partial charge in [0.05, 0.1) is 18.2 Å². The van der Waals surface area contributed by atoms with E-state index < -0.39 is 0 Å². The molecule has 0 spiro atoms. The van der Waals surface area contributed by atoms with Crippen molar-refractivity contribution in [3.63, 3.8) is 0 Å². The SMILES string of the molecule is Cn1cncc1-c1cc(NCc2cccnc2)nc2[nH]ccc12. The molecule has 6 heteroatoms. The third kappa shape index (κ3) is 2.55. The summed E-state index contributed by atoms with van der Waals surface area (Å²) in [6.45, 7) is 0.678. The first-order chi connectivity index (χ1) is 11.3. The lowest BCUT2D eigenvalue weighted by atomic mass is 10.1. The van der Waals surface area contributed by atoms with Crippen LogP contribution in [-0.2, 0) is 13.6 Å². The van der Waals surface area contributed by atoms with E-state index in [0.29, 0.717) is 6.54 Å². The number of hydrogen-bond acceptors (Lipinski definition) is 4. The van der Waals surface area contributed by atoms with Crippen LogP contribution in [0, 0.1) is 0 Å². The van der Waals surface area contributed by atoms with Crippen LogP contribution in [0.2, 0.25) is 0 Å². The third-order valence-electron chi connectivity index (χ3n) is 3.82. The molecule has 6 nitrogen and oxygen atoms in total. The fraction of sp³-hybridized carbons (Fsp3) is 0.118. The van der Waals surface area contributed by atoms with Crippen LogP contribution in [0.4, 0.5) is 5.82 Å². The van der Waals surface area contributed by atoms with Gasteiger partial charge in [0.2, 0.25) is 0 Å². The van der Waals surface area contributed by atoms with Crippen LogP contribution in [0.5, 0.6) is 0 Å². The van der Waals surface area contributed by atoms with Gasteiger partial charge < -0.3 is 14.9 Å². The van der Waals surface area contributed by atoms with Crippen molar-refractivity contribution >= 4 is 16.9 Å². The number of aromatic nitrogens is 5. The standard InChI is InChI=1S/C17H16N6/c1-23-11-19-10-15(23)14-7-16(22-17-13(14)4-6-20-17)21-9-12-3-2-5-18-8-12/h2-8,10-11H,9H2,1H3,(H2,20,21,22). The lowest BCUT2D eigenvalue weighted by molar-refractivity contribution is 0.922. The summed E-state index contributed by atoms with van der Waals surface area (Å²) in [6, 6.07) is 8.06. The molecule has 23 heavy (non-hydrogen) atoms. The van der Waals surface area contributed by atoms with E-state index in [1.54, 1.807) is 12.5 Å². The van der Waals surface area contributed by atoms with Crippen LogP contribution in [0.15, 0.2) is 55.4 Å². The number of anilines is 1. The van der Waals surface area contributed by atoms with E-state index in [1.165, 1.54) is 0 Å². The van der Waals surface area contributed by atoms with E-state index in [2.05, 4.69) is 31.3 Å². The predicted octanol–water partition coefficient (Wildman–Crippen LogP) is 2.97. The average molecular weight is 304 g/mol. The molecule has 0 saturated carbocycles. The highest BCUT2D eigenvalue weighted by atomic mass is 15.0. The minimum atomic E-state index is 0.678. The van der Waals surface area contributed by atoms with Crippen LogP contribution in [0.1, 0.15) is 5.56 Å². The van der Waals surface area contributed by atoms with E-state index in [0.717, 1.165) is 33.7 Å². The molecule has 114 valence electrons. The first kappa shape index (κ1) is 13.5. The van der Waals surface area contributed by atoms with Crippen LogP contribution in [-0.4, -0.2) is 24.5 Å². The van der Waals surface area contributed by atoms with Crippen molar-refractivity contribution in [3.8, 4) is 11.3 Å². The van der Waals surface area contributed by atoms with Gasteiger partial charge in [-0.05, 0) is 23.8 Å². The molecule has 4 aromatic rings. The first-order valence-corrected chi connectivity index (χ1v) is 7.39. The van der Waals surface area contributed by atoms with Crippen molar-refractivity contribution in [1.82, 2.24) is 24.5 Å². The summed E-state index contributed by atoms with van der Waals surface area (Å²) in [6.07, 6.45) is 9.20. The summed E-state index contributed by atoms with van der Waals surface area (Å²) >= 11 is 0. The number of fused-ring (bicyclic) bond motifs is 1. The summed E-state index contributed by atoms with van der Waals surface area (Å²) in [5.41, 5.74) is 4.13. The minimum absolute atomic E-state index is 0.678. The topological polar surface area (TPSA) is 71.4 Å². The molecule has 4 aromatic heterocycles. The van der Waals surface area contributed by atoms with Gasteiger partial charge >= 0.3 is 0 Å². The van der Waals surface area contributed by atoms with Gasteiger partial charge in [-0.2, -0.15) is 0 Å². The maximum absolute atomic E-state index is 4.63. The van der Waals surface area contributed by atoms with E-state index in [4.69, 9.17) is 0 Å². The lowest BCUT2D eigenvalue weighted by Gasteiger charge is -2.10. The van der Waals surface area contributed by atoms with Gasteiger partial charge in [-0.1, -0.05) is 6.07 Å². The quantitative estimate of drug-likeness (QED) is 0.608. The van der Waals surface area contributed by atoms with E-state index in [9.17, 15) is 0 Å². The second-order valence-electron chi connectivity index (χ2n) is 5.40. The summed E-state index contributed by atoms with van der Waals surface area (Å²) < 4.78 is 2.01. The molecular weight excluding hydrogens is 288 g/mol. The van der Waals surface area contributed by atoms with Gasteiger partial charge in [0.1, 0.15) is 11.5 Å². The van der Waals surface area contributed by atoms with Gasteiger partial charge in [-0.25, -0.2) is 9.97 Å². The van der Waals surface area contributed by atoms with Gasteiger partial charge in [0.15, 0.2) is 0 Å². The van der Waals surface area contributed by atoms with E-state index in [-0.39, 0.29) is 0 Å². The maximum atomic E-state index is 4.63. The Morgan fingerprint density at radius 3 is 2.96 bits per heavy atom. The van der Waals surface area contributed by atoms with Crippen LogP contribution in [0.25, 0.3) is 22.3 Å². The number of imidazole rings is 1. The molecule has 4 rings (SSSR count). The maximum Gasteiger partial charge on any atom is 0.140 e. The minimum Gasteiger partial charge on any atom is -0.366 e. The first-order valence-electron chi connectivity index (χ1n) is 7.39. The fourth-order valence-corrected chi connectivity index (χ4v) is 2.65. The molecule has 0 aliphatic carbocycles. The summed E-state index contributed by atoms with van der Waals surface area (Å²) in [5, 5.41) is 4.45. The third-order valence-corrected chi connectivity index (χ3v) is 3.82. The van der Waals surface area contributed by atoms with Crippen molar-refractivity contribution in [3.05, 3.63) is 60.9 Å². The molecule has 0 aliphatic heterocycles. The highest BCUT2D eigenvalue weighted by Gasteiger charge is 2.11. The zero-order chi connectivity index (χ0) is 15.6. The number of nitrogens with one attached hydrogen (secondary N) is 2. The summed E-state index contributed by atoms with van der Waals surface area (Å²) in [7, 11) is 1.99. The molecule has 0 aliphatic rings. The molecule has 0 atom stereocenters. The summed E-state index contributed by atoms with van der Waals surface area (Å²) in [5.74, 6) is 0.819. The van der Waals surface area contributed by atoms with E-state index >= 15 is 0 Å². The molecule has 2 N–H and O–H groups in total. The van der Waals surface area contributed by atoms with Gasteiger partial charge in [-0.3, -0.25) is 4.98 Å². The van der Waals surface area contributed by atoms with Crippen LogP contribution >= 0.6 is 0 Å². The molecule has 0 aromatic carbocycles. The number of aromatic amines is 1. The van der Waals surface area contributed by atoms with Gasteiger partial charge in [0, 0.05) is 43.1 Å². The number of rotatable bonds is 4. The summed E-state index contributed by atoms with van der Waals surface area (Å²) in [4.78, 5) is 16.2. The zero-order valence-corrected chi connectivity index (χ0v) is 12.7. The number of H-pyrrole nitrogens is 1. The Morgan fingerprint density at radius 1 is 1.22 bits per heavy atom. The molecule has 0 bridgehead atoms. The molecule has 0 radical (unpaired) electrons. The second-order valence-corrected chi connectivity index (χ2v) is 5.40. The highest BCUT2D eigenvalue weighted by Crippen LogP contribution is 2.29. The molecular formula is C17H16N6. The molecule has 0 unspecified atom stereocenters. The molecule has 0 fully saturated rings. The Morgan fingerprint density at radius 2 is 2.17 bits per heavy atom. The Labute approximate surface area is 133 Å². The van der Waals surface area contributed by atoms with Gasteiger partial charge in [0.25, 0.3) is 0 Å². The van der Waals surface area contributed by atoms with Crippen molar-refractivity contribution in [1.29, 1.82) is 0 Å². The van der Waals surface area contributed by atoms with E-state index in [1.807, 2.05) is 48.4 Å². The zero-order valence-electron chi connectivity index (χ0n) is 12.7. The van der Waals surface area contributed by atoms with Crippen LogP contribution < -0.4 is 5.32 Å². The Balaban J connectivity index is 1.72. The van der Waals surface area contributed by atoms with Crippen molar-refractivity contribution in [2.24, 2.45) is 7.05 Å². The normalized spacial score (nSPS) is 11.0. The fourth-order valence-electron chi connectivity index (χ4n) is 2.65. The average Bonchev–Trinajstić information content (AvgIpc) is 3.22. The predicted molar refractivity (Wildman–Crippen MR) is 89.9 cm³/mol. The van der Waals surface area contributed by atoms with Crippen molar-refractivity contribution < 1.29 is 0 Å². The number of aryl methyl sites for hydroxylation is 1. The largest absolute Gasteiger partial charge is 0.366 e.